The lowest BCUT2D eigenvalue weighted by Gasteiger charge is -2.33. The predicted octanol–water partition coefficient (Wildman–Crippen LogP) is 5.29. The molecule has 294 valence electrons. The van der Waals surface area contributed by atoms with Gasteiger partial charge in [-0.1, -0.05) is 6.92 Å². The number of anilines is 4. The number of amides is 4. The lowest BCUT2D eigenvalue weighted by Crippen LogP contribution is -2.47. The quantitative estimate of drug-likeness (QED) is 0.139. The third-order valence-electron chi connectivity index (χ3n) is 9.91. The van der Waals surface area contributed by atoms with E-state index in [9.17, 15) is 36.7 Å². The van der Waals surface area contributed by atoms with E-state index in [1.165, 1.54) is 24.3 Å². The lowest BCUT2D eigenvalue weighted by atomic mass is 10.0. The van der Waals surface area contributed by atoms with Crippen molar-refractivity contribution in [3.63, 3.8) is 0 Å². The summed E-state index contributed by atoms with van der Waals surface area (Å²) in [7, 11) is 0. The summed E-state index contributed by atoms with van der Waals surface area (Å²) in [4.78, 5) is 58.3. The first-order valence-electron chi connectivity index (χ1n) is 17.9. The largest absolute Gasteiger partial charge is 0.490 e. The Morgan fingerprint density at radius 2 is 1.82 bits per heavy atom. The van der Waals surface area contributed by atoms with E-state index < -0.39 is 52.6 Å². The summed E-state index contributed by atoms with van der Waals surface area (Å²) in [5, 5.41) is 17.0. The van der Waals surface area contributed by atoms with Crippen LogP contribution in [0.15, 0.2) is 48.7 Å². The molecule has 2 aromatic carbocycles. The number of carbonyl (C=O) groups excluding carboxylic acids is 4. The maximum atomic E-state index is 14.6. The number of likely N-dealkylation sites (tertiary alicyclic amines) is 1. The minimum absolute atomic E-state index is 0.0170. The Morgan fingerprint density at radius 3 is 2.48 bits per heavy atom. The molecule has 3 saturated heterocycles. The molecule has 1 atom stereocenters. The van der Waals surface area contributed by atoms with Crippen LogP contribution in [0.5, 0.6) is 5.75 Å². The molecule has 3 aliphatic rings. The van der Waals surface area contributed by atoms with Crippen LogP contribution in [0.4, 0.5) is 40.3 Å². The number of alkyl halides is 3. The number of hydrogen-bond donors (Lipinski definition) is 3. The summed E-state index contributed by atoms with van der Waals surface area (Å²) < 4.78 is 62.2. The van der Waals surface area contributed by atoms with Gasteiger partial charge in [0.2, 0.25) is 17.7 Å². The fourth-order valence-electron chi connectivity index (χ4n) is 6.93. The van der Waals surface area contributed by atoms with Gasteiger partial charge in [0.15, 0.2) is 10.8 Å². The van der Waals surface area contributed by atoms with Crippen molar-refractivity contribution in [3.8, 4) is 11.8 Å². The number of carbonyl (C=O) groups is 4. The number of piperidine rings is 2. The summed E-state index contributed by atoms with van der Waals surface area (Å²) in [6.45, 7) is 6.24. The van der Waals surface area contributed by atoms with Crippen LogP contribution in [0.2, 0.25) is 0 Å². The zero-order chi connectivity index (χ0) is 40.5. The number of thiocarbonyl (C=S) groups is 1. The first kappa shape index (κ1) is 40.0. The SMILES string of the molecule is CCc1cc(N2C(=S)N(c3cnc(C#N)c(C(F)(F)F)c3)C(=O)C2(C)C)ccc1OC1CCN(CC(=O)Nc2cc(NC3CCC(=O)NC3=O)ccc2F)CC1. The topological polar surface area (TPSA) is 160 Å². The van der Waals surface area contributed by atoms with Crippen molar-refractivity contribution in [1.29, 1.82) is 5.26 Å². The van der Waals surface area contributed by atoms with Crippen molar-refractivity contribution in [3.05, 3.63) is 71.3 Å². The molecule has 1 aromatic heterocycles. The molecular formula is C38H38F4N8O5S. The van der Waals surface area contributed by atoms with Crippen molar-refractivity contribution in [2.75, 3.05) is 40.1 Å². The van der Waals surface area contributed by atoms with Gasteiger partial charge in [0, 0.05) is 30.9 Å². The molecule has 4 amide bonds. The maximum absolute atomic E-state index is 14.6. The highest BCUT2D eigenvalue weighted by Gasteiger charge is 2.51. The van der Waals surface area contributed by atoms with Crippen LogP contribution >= 0.6 is 12.2 Å². The number of hydrogen-bond acceptors (Lipinski definition) is 10. The Hall–Kier alpha value is -5.67. The number of aromatic nitrogens is 1. The van der Waals surface area contributed by atoms with E-state index >= 15 is 0 Å². The lowest BCUT2D eigenvalue weighted by molar-refractivity contribution is -0.138. The van der Waals surface area contributed by atoms with Crippen molar-refractivity contribution in [2.45, 2.75) is 76.7 Å². The van der Waals surface area contributed by atoms with Gasteiger partial charge in [0.25, 0.3) is 5.91 Å². The number of nitrogens with one attached hydrogen (secondary N) is 3. The highest BCUT2D eigenvalue weighted by Crippen LogP contribution is 2.40. The van der Waals surface area contributed by atoms with E-state index in [1.54, 1.807) is 30.9 Å². The summed E-state index contributed by atoms with van der Waals surface area (Å²) in [6.07, 6.45) is -1.80. The van der Waals surface area contributed by atoms with Crippen LogP contribution in [0.3, 0.4) is 0 Å². The number of nitriles is 1. The molecule has 3 N–H and O–H groups in total. The molecule has 6 rings (SSSR count). The molecule has 13 nitrogen and oxygen atoms in total. The zero-order valence-electron chi connectivity index (χ0n) is 30.6. The molecule has 18 heteroatoms. The minimum atomic E-state index is -4.87. The third kappa shape index (κ3) is 8.28. The van der Waals surface area contributed by atoms with Gasteiger partial charge < -0.3 is 20.3 Å². The maximum Gasteiger partial charge on any atom is 0.419 e. The summed E-state index contributed by atoms with van der Waals surface area (Å²) in [6, 6.07) is 10.8. The molecule has 56 heavy (non-hydrogen) atoms. The van der Waals surface area contributed by atoms with Crippen LogP contribution in [0.25, 0.3) is 0 Å². The average molecular weight is 795 g/mol. The van der Waals surface area contributed by atoms with E-state index in [2.05, 4.69) is 20.9 Å². The molecule has 0 radical (unpaired) electrons. The van der Waals surface area contributed by atoms with Crippen LogP contribution < -0.4 is 30.5 Å². The Bertz CT molecular complexity index is 2130. The first-order chi connectivity index (χ1) is 26.5. The number of benzene rings is 2. The highest BCUT2D eigenvalue weighted by molar-refractivity contribution is 7.81. The first-order valence-corrected chi connectivity index (χ1v) is 18.3. The number of pyridine rings is 1. The molecule has 4 heterocycles. The normalized spacial score (nSPS) is 19.1. The van der Waals surface area contributed by atoms with Gasteiger partial charge in [-0.3, -0.25) is 34.3 Å². The molecule has 0 aliphatic carbocycles. The predicted molar refractivity (Wildman–Crippen MR) is 201 cm³/mol. The fraction of sp³-hybridized carbons (Fsp3) is 0.395. The number of rotatable bonds is 10. The molecule has 1 unspecified atom stereocenters. The van der Waals surface area contributed by atoms with Gasteiger partial charge >= 0.3 is 6.18 Å². The van der Waals surface area contributed by atoms with Crippen LogP contribution in [0, 0.1) is 17.1 Å². The molecule has 0 spiro atoms. The zero-order valence-corrected chi connectivity index (χ0v) is 31.4. The third-order valence-corrected chi connectivity index (χ3v) is 10.3. The number of halogens is 4. The molecular weight excluding hydrogens is 757 g/mol. The summed E-state index contributed by atoms with van der Waals surface area (Å²) >= 11 is 5.67. The number of ether oxygens (including phenoxy) is 1. The molecule has 0 bridgehead atoms. The van der Waals surface area contributed by atoms with E-state index in [-0.39, 0.29) is 41.5 Å². The van der Waals surface area contributed by atoms with Crippen molar-refractivity contribution >= 4 is 63.7 Å². The summed E-state index contributed by atoms with van der Waals surface area (Å²) in [5.74, 6) is -1.83. The summed E-state index contributed by atoms with van der Waals surface area (Å²) in [5.41, 5.74) is -1.85. The molecule has 3 fully saturated rings. The standard InChI is InChI=1S/C38H38F4N8O5S/c1-4-21-15-23(50-36(56)49(35(54)37(50,2)3)24-17-26(38(40,41)42)30(18-43)44-19-24)6-9-31(21)55-25-11-13-48(14-12-25)20-33(52)46-29-16-22(5-7-27(29)39)45-28-8-10-32(51)47-34(28)53/h5-7,9,15-17,19,25,28,45H,4,8,10-14,20H2,1-3H3,(H,46,52)(H,47,51,53). The Morgan fingerprint density at radius 1 is 1.09 bits per heavy atom. The Labute approximate surface area is 325 Å². The van der Waals surface area contributed by atoms with E-state index in [0.717, 1.165) is 16.7 Å². The van der Waals surface area contributed by atoms with Crippen molar-refractivity contribution < 1.29 is 41.5 Å². The molecule has 3 aromatic rings. The Balaban J connectivity index is 1.06. The van der Waals surface area contributed by atoms with Crippen LogP contribution in [-0.2, 0) is 31.8 Å². The van der Waals surface area contributed by atoms with Gasteiger partial charge in [-0.05, 0) is 99.8 Å². The molecule has 3 aliphatic heterocycles. The fourth-order valence-corrected chi connectivity index (χ4v) is 7.46. The van der Waals surface area contributed by atoms with E-state index in [4.69, 9.17) is 22.2 Å². The number of aryl methyl sites for hydroxylation is 1. The van der Waals surface area contributed by atoms with Gasteiger partial charge in [0.1, 0.15) is 35.3 Å². The van der Waals surface area contributed by atoms with Gasteiger partial charge in [-0.25, -0.2) is 9.37 Å². The number of nitrogens with zero attached hydrogens (tertiary/aromatic N) is 5. The van der Waals surface area contributed by atoms with Gasteiger partial charge in [-0.15, -0.1) is 0 Å². The second kappa shape index (κ2) is 15.8. The molecule has 0 saturated carbocycles. The van der Waals surface area contributed by atoms with Crippen LogP contribution in [-0.4, -0.2) is 75.9 Å². The Kier molecular flexibility index (Phi) is 11.3. The minimum Gasteiger partial charge on any atom is -0.490 e. The van der Waals surface area contributed by atoms with Crippen molar-refractivity contribution in [1.82, 2.24) is 15.2 Å². The van der Waals surface area contributed by atoms with Crippen molar-refractivity contribution in [2.24, 2.45) is 0 Å². The smallest absolute Gasteiger partial charge is 0.419 e. The second-order valence-corrected chi connectivity index (χ2v) is 14.5. The highest BCUT2D eigenvalue weighted by atomic mass is 32.1. The number of imide groups is 1. The monoisotopic (exact) mass is 794 g/mol. The van der Waals surface area contributed by atoms with Gasteiger partial charge in [-0.2, -0.15) is 18.4 Å². The second-order valence-electron chi connectivity index (χ2n) is 14.1. The average Bonchev–Trinajstić information content (AvgIpc) is 3.33. The van der Waals surface area contributed by atoms with Gasteiger partial charge in [0.05, 0.1) is 29.7 Å². The van der Waals surface area contributed by atoms with E-state index in [1.807, 2.05) is 17.9 Å². The van der Waals surface area contributed by atoms with E-state index in [0.29, 0.717) is 62.0 Å². The van der Waals surface area contributed by atoms with Crippen LogP contribution in [0.1, 0.15) is 63.3 Å².